The number of imide groups is 1. The van der Waals surface area contributed by atoms with E-state index in [1.165, 1.54) is 10.4 Å². The topological polar surface area (TPSA) is 69.7 Å². The van der Waals surface area contributed by atoms with Gasteiger partial charge in [0, 0.05) is 11.4 Å². The fraction of sp³-hybridized carbons (Fsp3) is 0.320. The summed E-state index contributed by atoms with van der Waals surface area (Å²) in [7, 11) is 0. The minimum Gasteiger partial charge on any atom is -0.334 e. The predicted molar refractivity (Wildman–Crippen MR) is 124 cm³/mol. The van der Waals surface area contributed by atoms with E-state index in [9.17, 15) is 14.4 Å². The third kappa shape index (κ3) is 3.11. The lowest BCUT2D eigenvalue weighted by molar-refractivity contribution is -0.140. The zero-order chi connectivity index (χ0) is 22.5. The van der Waals surface area contributed by atoms with Crippen LogP contribution in [0.1, 0.15) is 42.3 Å². The number of hydrogen-bond acceptors (Lipinski definition) is 4. The number of thiophene rings is 1. The van der Waals surface area contributed by atoms with Crippen LogP contribution in [0.25, 0.3) is 10.8 Å². The summed E-state index contributed by atoms with van der Waals surface area (Å²) >= 11 is 1.72. The lowest BCUT2D eigenvalue weighted by Crippen LogP contribution is -2.47. The van der Waals surface area contributed by atoms with Crippen LogP contribution in [0.2, 0.25) is 0 Å². The first-order valence-electron chi connectivity index (χ1n) is 10.9. The van der Waals surface area contributed by atoms with Gasteiger partial charge in [0.25, 0.3) is 5.91 Å². The summed E-state index contributed by atoms with van der Waals surface area (Å²) in [6.45, 7) is 4.13. The van der Waals surface area contributed by atoms with Crippen LogP contribution in [0, 0.1) is 0 Å². The number of amides is 4. The number of fused-ring (bicyclic) bond motifs is 2. The number of rotatable bonds is 4. The number of carbonyl (C=O) groups is 3. The number of benzene rings is 2. The molecule has 1 aromatic heterocycles. The van der Waals surface area contributed by atoms with Crippen molar-refractivity contribution in [2.45, 2.75) is 38.3 Å². The van der Waals surface area contributed by atoms with E-state index in [1.54, 1.807) is 18.3 Å². The van der Waals surface area contributed by atoms with Crippen LogP contribution in [0.15, 0.2) is 53.9 Å². The summed E-state index contributed by atoms with van der Waals surface area (Å²) in [5.74, 6) is -0.590. The Bertz CT molecular complexity index is 1230. The molecular weight excluding hydrogens is 422 g/mol. The molecule has 0 aliphatic carbocycles. The molecule has 0 bridgehead atoms. The molecule has 0 radical (unpaired) electrons. The molecule has 2 atom stereocenters. The predicted octanol–water partition coefficient (Wildman–Crippen LogP) is 4.20. The average molecular weight is 448 g/mol. The highest BCUT2D eigenvalue weighted by molar-refractivity contribution is 7.10. The second-order valence-corrected chi connectivity index (χ2v) is 9.53. The van der Waals surface area contributed by atoms with Crippen molar-refractivity contribution >= 4 is 40.0 Å². The van der Waals surface area contributed by atoms with Crippen molar-refractivity contribution in [2.75, 3.05) is 13.1 Å². The lowest BCUT2D eigenvalue weighted by Gasteiger charge is -2.36. The van der Waals surface area contributed by atoms with Gasteiger partial charge in [-0.3, -0.25) is 14.5 Å². The molecule has 2 unspecified atom stereocenters. The van der Waals surface area contributed by atoms with Gasteiger partial charge in [0.15, 0.2) is 0 Å². The second-order valence-electron chi connectivity index (χ2n) is 8.53. The van der Waals surface area contributed by atoms with E-state index < -0.39 is 17.5 Å². The molecule has 0 saturated carbocycles. The number of urea groups is 1. The summed E-state index contributed by atoms with van der Waals surface area (Å²) in [5, 5.41) is 6.82. The van der Waals surface area contributed by atoms with Crippen molar-refractivity contribution in [1.29, 1.82) is 0 Å². The zero-order valence-corrected chi connectivity index (χ0v) is 18.9. The Morgan fingerprint density at radius 2 is 1.94 bits per heavy atom. The highest BCUT2D eigenvalue weighted by Crippen LogP contribution is 2.37. The van der Waals surface area contributed by atoms with E-state index >= 15 is 0 Å². The Balaban J connectivity index is 1.42. The van der Waals surface area contributed by atoms with E-state index in [4.69, 9.17) is 0 Å². The molecule has 1 saturated heterocycles. The molecule has 4 amide bonds. The largest absolute Gasteiger partial charge is 0.334 e. The van der Waals surface area contributed by atoms with Gasteiger partial charge in [0.2, 0.25) is 5.91 Å². The van der Waals surface area contributed by atoms with E-state index in [0.717, 1.165) is 34.1 Å². The fourth-order valence-electron chi connectivity index (χ4n) is 5.05. The highest BCUT2D eigenvalue weighted by Gasteiger charge is 2.50. The fourth-order valence-corrected chi connectivity index (χ4v) is 5.97. The van der Waals surface area contributed by atoms with Crippen LogP contribution in [0.3, 0.4) is 0 Å². The molecule has 32 heavy (non-hydrogen) atoms. The van der Waals surface area contributed by atoms with E-state index in [2.05, 4.69) is 23.7 Å². The van der Waals surface area contributed by atoms with Crippen molar-refractivity contribution in [1.82, 2.24) is 15.1 Å². The first-order valence-corrected chi connectivity index (χ1v) is 11.8. The Morgan fingerprint density at radius 1 is 1.16 bits per heavy atom. The number of carbonyl (C=O) groups excluding carboxylic acids is 3. The molecule has 2 aliphatic rings. The third-order valence-corrected chi connectivity index (χ3v) is 7.70. The van der Waals surface area contributed by atoms with Crippen molar-refractivity contribution in [3.8, 4) is 0 Å². The molecule has 3 heterocycles. The van der Waals surface area contributed by atoms with Gasteiger partial charge in [-0.15, -0.1) is 11.3 Å². The Hall–Kier alpha value is -3.19. The number of nitrogens with one attached hydrogen (secondary N) is 1. The van der Waals surface area contributed by atoms with Gasteiger partial charge in [-0.1, -0.05) is 49.4 Å². The molecule has 6 nitrogen and oxygen atoms in total. The van der Waals surface area contributed by atoms with Gasteiger partial charge in [-0.25, -0.2) is 4.79 Å². The van der Waals surface area contributed by atoms with Gasteiger partial charge in [0.05, 0.1) is 6.04 Å². The van der Waals surface area contributed by atoms with Gasteiger partial charge in [-0.2, -0.15) is 0 Å². The van der Waals surface area contributed by atoms with Gasteiger partial charge in [0.1, 0.15) is 12.1 Å². The average Bonchev–Trinajstić information content (AvgIpc) is 3.37. The molecule has 1 fully saturated rings. The van der Waals surface area contributed by atoms with Crippen LogP contribution in [0.4, 0.5) is 4.79 Å². The van der Waals surface area contributed by atoms with Crippen LogP contribution >= 0.6 is 11.3 Å². The molecule has 0 spiro atoms. The minimum absolute atomic E-state index is 0.0114. The molecular formula is C25H25N3O3S. The molecule has 7 heteroatoms. The summed E-state index contributed by atoms with van der Waals surface area (Å²) in [6.07, 6.45) is 1.60. The summed E-state index contributed by atoms with van der Waals surface area (Å²) in [4.78, 5) is 43.8. The highest BCUT2D eigenvalue weighted by atomic mass is 32.1. The molecule has 5 rings (SSSR count). The normalized spacial score (nSPS) is 22.9. The monoisotopic (exact) mass is 447 g/mol. The van der Waals surface area contributed by atoms with Crippen LogP contribution in [-0.4, -0.2) is 40.7 Å². The second kappa shape index (κ2) is 7.74. The van der Waals surface area contributed by atoms with Crippen LogP contribution in [0.5, 0.6) is 0 Å². The standard InChI is InChI=1S/C25H25N3O3S/c1-3-20-18-12-14-32-21(18)11-13-27(20)22(29)15-28-23(30)25(2,26-24(28)31)19-10-6-8-16-7-4-5-9-17(16)19/h4-10,12,14,20H,3,11,13,15H2,1-2H3,(H,26,31). The van der Waals surface area contributed by atoms with Crippen molar-refractivity contribution < 1.29 is 14.4 Å². The molecule has 164 valence electrons. The summed E-state index contributed by atoms with van der Waals surface area (Å²) in [6, 6.07) is 15.0. The van der Waals surface area contributed by atoms with Gasteiger partial charge >= 0.3 is 6.03 Å². The lowest BCUT2D eigenvalue weighted by atomic mass is 9.88. The van der Waals surface area contributed by atoms with Crippen LogP contribution in [-0.2, 0) is 21.5 Å². The number of hydrogen-bond donors (Lipinski definition) is 1. The maximum absolute atomic E-state index is 13.5. The third-order valence-electron chi connectivity index (χ3n) is 6.70. The molecule has 3 aromatic rings. The van der Waals surface area contributed by atoms with E-state index in [-0.39, 0.29) is 18.5 Å². The maximum Gasteiger partial charge on any atom is 0.325 e. The van der Waals surface area contributed by atoms with Crippen LogP contribution < -0.4 is 5.32 Å². The van der Waals surface area contributed by atoms with Crippen molar-refractivity contribution in [2.24, 2.45) is 0 Å². The Morgan fingerprint density at radius 3 is 2.75 bits per heavy atom. The number of nitrogens with zero attached hydrogens (tertiary/aromatic N) is 2. The smallest absolute Gasteiger partial charge is 0.325 e. The Kier molecular flexibility index (Phi) is 5.01. The zero-order valence-electron chi connectivity index (χ0n) is 18.1. The molecule has 1 N–H and O–H groups in total. The quantitative estimate of drug-likeness (QED) is 0.610. The molecule has 2 aromatic carbocycles. The van der Waals surface area contributed by atoms with E-state index in [0.29, 0.717) is 6.54 Å². The first-order chi connectivity index (χ1) is 15.4. The maximum atomic E-state index is 13.5. The minimum atomic E-state index is -1.22. The van der Waals surface area contributed by atoms with Gasteiger partial charge in [-0.05, 0) is 53.1 Å². The molecule has 2 aliphatic heterocycles. The first kappa shape index (κ1) is 20.7. The van der Waals surface area contributed by atoms with Gasteiger partial charge < -0.3 is 10.2 Å². The SMILES string of the molecule is CCC1c2ccsc2CCN1C(=O)CN1C(=O)NC(C)(c2cccc3ccccc23)C1=O. The Labute approximate surface area is 190 Å². The summed E-state index contributed by atoms with van der Waals surface area (Å²) < 4.78 is 0. The summed E-state index contributed by atoms with van der Waals surface area (Å²) in [5.41, 5.74) is 0.705. The van der Waals surface area contributed by atoms with E-state index in [1.807, 2.05) is 47.4 Å². The van der Waals surface area contributed by atoms with Crippen molar-refractivity contribution in [3.05, 3.63) is 69.9 Å². The van der Waals surface area contributed by atoms with Crippen molar-refractivity contribution in [3.63, 3.8) is 0 Å².